The van der Waals surface area contributed by atoms with Gasteiger partial charge in [-0.2, -0.15) is 0 Å². The third kappa shape index (κ3) is 3.61. The van der Waals surface area contributed by atoms with Crippen LogP contribution in [0.2, 0.25) is 0 Å². The zero-order valence-corrected chi connectivity index (χ0v) is 16.6. The Morgan fingerprint density at radius 3 is 2.70 bits per heavy atom. The van der Waals surface area contributed by atoms with E-state index >= 15 is 0 Å². The van der Waals surface area contributed by atoms with Gasteiger partial charge in [0.2, 0.25) is 0 Å². The second-order valence-electron chi connectivity index (χ2n) is 6.58. The van der Waals surface area contributed by atoms with Crippen LogP contribution in [0, 0.1) is 3.57 Å². The average Bonchev–Trinajstić information content (AvgIpc) is 3.25. The summed E-state index contributed by atoms with van der Waals surface area (Å²) in [5, 5.41) is 2.81. The van der Waals surface area contributed by atoms with Gasteiger partial charge >= 0.3 is 0 Å². The lowest BCUT2D eigenvalue weighted by Crippen LogP contribution is -2.36. The van der Waals surface area contributed by atoms with Gasteiger partial charge in [0.25, 0.3) is 17.7 Å². The fourth-order valence-electron chi connectivity index (χ4n) is 3.36. The molecule has 3 amide bonds. The Balaban J connectivity index is 1.54. The lowest BCUT2D eigenvalue weighted by atomic mass is 10.1. The Labute approximate surface area is 170 Å². The van der Waals surface area contributed by atoms with Gasteiger partial charge < -0.3 is 10.1 Å². The number of anilines is 1. The number of fused-ring (bicyclic) bond motifs is 1. The summed E-state index contributed by atoms with van der Waals surface area (Å²) in [6.45, 7) is 0.924. The predicted octanol–water partition coefficient (Wildman–Crippen LogP) is 3.32. The smallest absolute Gasteiger partial charge is 0.261 e. The molecule has 0 radical (unpaired) electrons. The van der Waals surface area contributed by atoms with Gasteiger partial charge in [-0.1, -0.05) is 6.07 Å². The fourth-order valence-corrected chi connectivity index (χ4v) is 3.90. The van der Waals surface area contributed by atoms with E-state index in [9.17, 15) is 14.4 Å². The van der Waals surface area contributed by atoms with Crippen molar-refractivity contribution in [2.75, 3.05) is 18.5 Å². The highest BCUT2D eigenvalue weighted by molar-refractivity contribution is 14.1. The summed E-state index contributed by atoms with van der Waals surface area (Å²) in [5.41, 5.74) is 1.62. The average molecular weight is 476 g/mol. The van der Waals surface area contributed by atoms with Crippen LogP contribution in [0.15, 0.2) is 42.5 Å². The monoisotopic (exact) mass is 476 g/mol. The molecule has 6 nitrogen and oxygen atoms in total. The van der Waals surface area contributed by atoms with Crippen LogP contribution in [-0.4, -0.2) is 41.9 Å². The van der Waals surface area contributed by atoms with Crippen molar-refractivity contribution in [2.45, 2.75) is 18.9 Å². The first-order chi connectivity index (χ1) is 13.0. The Hall–Kier alpha value is -2.26. The maximum atomic E-state index is 12.7. The summed E-state index contributed by atoms with van der Waals surface area (Å²) < 4.78 is 6.54. The van der Waals surface area contributed by atoms with Crippen LogP contribution >= 0.6 is 22.6 Å². The van der Waals surface area contributed by atoms with E-state index in [1.165, 1.54) is 11.0 Å². The van der Waals surface area contributed by atoms with E-state index in [0.717, 1.165) is 16.4 Å². The number of ether oxygens (including phenoxy) is 1. The minimum absolute atomic E-state index is 0.101. The normalized spacial score (nSPS) is 18.7. The Bertz CT molecular complexity index is 937. The van der Waals surface area contributed by atoms with Crippen LogP contribution in [0.3, 0.4) is 0 Å². The molecule has 1 fully saturated rings. The Kier molecular flexibility index (Phi) is 4.96. The molecule has 0 bridgehead atoms. The third-order valence-electron chi connectivity index (χ3n) is 4.73. The van der Waals surface area contributed by atoms with E-state index in [1.807, 2.05) is 18.2 Å². The molecule has 1 atom stereocenters. The van der Waals surface area contributed by atoms with Crippen molar-refractivity contribution in [1.29, 1.82) is 0 Å². The molecule has 0 saturated carbocycles. The number of carbonyl (C=O) groups is 3. The number of nitrogens with one attached hydrogen (secondary N) is 1. The SMILES string of the molecule is O=C(Nc1cccc(I)c1)c1ccc2c(c1)C(=O)N(C[C@@H]1CCCO1)C2=O. The van der Waals surface area contributed by atoms with Crippen LogP contribution in [0.5, 0.6) is 0 Å². The van der Waals surface area contributed by atoms with Crippen molar-refractivity contribution < 1.29 is 19.1 Å². The zero-order chi connectivity index (χ0) is 19.0. The number of amides is 3. The van der Waals surface area contributed by atoms with Gasteiger partial charge in [0.15, 0.2) is 0 Å². The van der Waals surface area contributed by atoms with Crippen LogP contribution in [0.25, 0.3) is 0 Å². The molecule has 2 aromatic carbocycles. The summed E-state index contributed by atoms with van der Waals surface area (Å²) in [6, 6.07) is 12.0. The van der Waals surface area contributed by atoms with Gasteiger partial charge in [0, 0.05) is 21.4 Å². The minimum atomic E-state index is -0.366. The maximum Gasteiger partial charge on any atom is 0.261 e. The topological polar surface area (TPSA) is 75.7 Å². The molecule has 2 heterocycles. The molecule has 7 heteroatoms. The van der Waals surface area contributed by atoms with Gasteiger partial charge in [-0.05, 0) is 71.8 Å². The van der Waals surface area contributed by atoms with Crippen LogP contribution in [-0.2, 0) is 4.74 Å². The second-order valence-corrected chi connectivity index (χ2v) is 7.83. The first kappa shape index (κ1) is 18.1. The molecule has 0 spiro atoms. The summed E-state index contributed by atoms with van der Waals surface area (Å²) in [5.74, 6) is -1.01. The first-order valence-electron chi connectivity index (χ1n) is 8.72. The van der Waals surface area contributed by atoms with Crippen molar-refractivity contribution in [3.05, 3.63) is 62.7 Å². The number of nitrogens with zero attached hydrogens (tertiary/aromatic N) is 1. The fraction of sp³-hybridized carbons (Fsp3) is 0.250. The maximum absolute atomic E-state index is 12.7. The molecule has 138 valence electrons. The van der Waals surface area contributed by atoms with Crippen LogP contribution in [0.1, 0.15) is 43.9 Å². The molecule has 0 unspecified atom stereocenters. The highest BCUT2D eigenvalue weighted by Crippen LogP contribution is 2.26. The molecular formula is C20H17IN2O4. The zero-order valence-electron chi connectivity index (χ0n) is 14.4. The van der Waals surface area contributed by atoms with Crippen molar-refractivity contribution >= 4 is 46.0 Å². The molecule has 27 heavy (non-hydrogen) atoms. The van der Waals surface area contributed by atoms with Gasteiger partial charge in [-0.15, -0.1) is 0 Å². The van der Waals surface area contributed by atoms with E-state index in [1.54, 1.807) is 18.2 Å². The number of carbonyl (C=O) groups excluding carboxylic acids is 3. The predicted molar refractivity (Wildman–Crippen MR) is 108 cm³/mol. The van der Waals surface area contributed by atoms with Gasteiger partial charge in [-0.25, -0.2) is 0 Å². The van der Waals surface area contributed by atoms with E-state index in [-0.39, 0.29) is 35.9 Å². The lowest BCUT2D eigenvalue weighted by molar-refractivity contribution is 0.0475. The van der Waals surface area contributed by atoms with E-state index < -0.39 is 0 Å². The minimum Gasteiger partial charge on any atom is -0.376 e. The number of hydrogen-bond acceptors (Lipinski definition) is 4. The summed E-state index contributed by atoms with van der Waals surface area (Å²) in [6.07, 6.45) is 1.68. The molecular weight excluding hydrogens is 459 g/mol. The van der Waals surface area contributed by atoms with Crippen molar-refractivity contribution in [3.63, 3.8) is 0 Å². The van der Waals surface area contributed by atoms with E-state index in [4.69, 9.17) is 4.74 Å². The van der Waals surface area contributed by atoms with Crippen molar-refractivity contribution in [3.8, 4) is 0 Å². The van der Waals surface area contributed by atoms with E-state index in [2.05, 4.69) is 27.9 Å². The highest BCUT2D eigenvalue weighted by Gasteiger charge is 2.37. The summed E-state index contributed by atoms with van der Waals surface area (Å²) in [4.78, 5) is 39.0. The lowest BCUT2D eigenvalue weighted by Gasteiger charge is -2.17. The molecule has 2 aromatic rings. The van der Waals surface area contributed by atoms with Gasteiger partial charge in [-0.3, -0.25) is 19.3 Å². The highest BCUT2D eigenvalue weighted by atomic mass is 127. The second kappa shape index (κ2) is 7.40. The Morgan fingerprint density at radius 1 is 1.15 bits per heavy atom. The van der Waals surface area contributed by atoms with Gasteiger partial charge in [0.1, 0.15) is 0 Å². The quantitative estimate of drug-likeness (QED) is 0.543. The van der Waals surface area contributed by atoms with Crippen LogP contribution in [0.4, 0.5) is 5.69 Å². The molecule has 2 aliphatic heterocycles. The number of imide groups is 1. The molecule has 0 aliphatic carbocycles. The Morgan fingerprint density at radius 2 is 1.96 bits per heavy atom. The van der Waals surface area contributed by atoms with Crippen LogP contribution < -0.4 is 5.32 Å². The van der Waals surface area contributed by atoms with Crippen molar-refractivity contribution in [2.24, 2.45) is 0 Å². The molecule has 1 N–H and O–H groups in total. The largest absolute Gasteiger partial charge is 0.376 e. The first-order valence-corrected chi connectivity index (χ1v) is 9.79. The third-order valence-corrected chi connectivity index (χ3v) is 5.40. The van der Waals surface area contributed by atoms with Gasteiger partial charge in [0.05, 0.1) is 23.8 Å². The summed E-state index contributed by atoms with van der Waals surface area (Å²) in [7, 11) is 0. The number of halogens is 1. The molecule has 1 saturated heterocycles. The molecule has 4 rings (SSSR count). The number of hydrogen-bond donors (Lipinski definition) is 1. The molecule has 0 aromatic heterocycles. The molecule has 2 aliphatic rings. The number of rotatable bonds is 4. The van der Waals surface area contributed by atoms with Crippen molar-refractivity contribution in [1.82, 2.24) is 4.90 Å². The van der Waals surface area contributed by atoms with E-state index in [0.29, 0.717) is 23.4 Å². The summed E-state index contributed by atoms with van der Waals surface area (Å²) >= 11 is 2.17. The standard InChI is InChI=1S/C20H17IN2O4/c21-13-3-1-4-14(10-13)22-18(24)12-6-7-16-17(9-12)20(26)23(19(16)25)11-15-5-2-8-27-15/h1,3-4,6-7,9-10,15H,2,5,8,11H2,(H,22,24)/t15-/m0/s1. The number of benzene rings is 2.